The van der Waals surface area contributed by atoms with Crippen molar-refractivity contribution in [2.75, 3.05) is 0 Å². The number of hydrogen-bond acceptors (Lipinski definition) is 4. The van der Waals surface area contributed by atoms with Gasteiger partial charge in [0.25, 0.3) is 11.9 Å². The number of rotatable bonds is 30. The van der Waals surface area contributed by atoms with Crippen LogP contribution in [0.4, 0.5) is 0 Å². The molecule has 38 heavy (non-hydrogen) atoms. The third-order valence-corrected chi connectivity index (χ3v) is 8.05. The summed E-state index contributed by atoms with van der Waals surface area (Å²) >= 11 is -0.996. The van der Waals surface area contributed by atoms with E-state index in [0.717, 1.165) is 25.7 Å². The van der Waals surface area contributed by atoms with Gasteiger partial charge in [-0.1, -0.05) is 168 Å². The minimum absolute atomic E-state index is 0. The van der Waals surface area contributed by atoms with Gasteiger partial charge in [-0.05, 0) is 12.8 Å². The van der Waals surface area contributed by atoms with E-state index in [4.69, 9.17) is 7.58 Å². The molecule has 0 heterocycles. The lowest BCUT2D eigenvalue weighted by molar-refractivity contribution is -0.139. The van der Waals surface area contributed by atoms with Crippen LogP contribution in [-0.4, -0.2) is 33.3 Å². The maximum absolute atomic E-state index is 11.8. The summed E-state index contributed by atoms with van der Waals surface area (Å²) in [5, 5.41) is 0. The fourth-order valence-electron chi connectivity index (χ4n) is 4.82. The highest BCUT2D eigenvalue weighted by Gasteiger charge is 2.13. The summed E-state index contributed by atoms with van der Waals surface area (Å²) in [6.07, 6.45) is 34.5. The van der Waals surface area contributed by atoms with Gasteiger partial charge in [0.15, 0.2) is 0 Å². The summed E-state index contributed by atoms with van der Waals surface area (Å²) in [4.78, 5) is 23.6. The summed E-state index contributed by atoms with van der Waals surface area (Å²) in [6.45, 7) is 4.53. The number of unbranched alkanes of at least 4 members (excludes halogenated alkanes) is 24. The van der Waals surface area contributed by atoms with E-state index in [2.05, 4.69) is 13.8 Å². The zero-order valence-corrected chi connectivity index (χ0v) is 26.7. The summed E-state index contributed by atoms with van der Waals surface area (Å²) in [5.41, 5.74) is 0. The first-order chi connectivity index (χ1) is 18.2. The Morgan fingerprint density at radius 3 is 0.842 bits per heavy atom. The Balaban J connectivity index is 0. The zero-order valence-electron chi connectivity index (χ0n) is 25.5. The maximum atomic E-state index is 11.8. The Morgan fingerprint density at radius 1 is 0.395 bits per heavy atom. The Bertz CT molecular complexity index is 486. The van der Waals surface area contributed by atoms with Gasteiger partial charge in [0.05, 0.1) is 0 Å². The molecule has 0 bridgehead atoms. The first kappa shape index (κ1) is 39.6. The summed E-state index contributed by atoms with van der Waals surface area (Å²) in [5.74, 6) is -0.433. The first-order valence-electron chi connectivity index (χ1n) is 16.4. The quantitative estimate of drug-likeness (QED) is 0.0652. The molecular formula is C32H64AlO5. The topological polar surface area (TPSA) is 84.1 Å². The van der Waals surface area contributed by atoms with Crippen molar-refractivity contribution in [2.45, 2.75) is 194 Å². The van der Waals surface area contributed by atoms with E-state index in [-0.39, 0.29) is 17.4 Å². The van der Waals surface area contributed by atoms with Crippen LogP contribution in [0.2, 0.25) is 0 Å². The second-order valence-electron chi connectivity index (χ2n) is 11.1. The van der Waals surface area contributed by atoms with Gasteiger partial charge in [0, 0.05) is 12.8 Å². The lowest BCUT2D eigenvalue weighted by Gasteiger charge is -2.07. The summed E-state index contributed by atoms with van der Waals surface area (Å²) in [6, 6.07) is 0. The van der Waals surface area contributed by atoms with E-state index in [0.29, 0.717) is 12.8 Å². The molecule has 0 unspecified atom stereocenters. The second kappa shape index (κ2) is 34.5. The average molecular weight is 556 g/mol. The molecular weight excluding hydrogens is 491 g/mol. The van der Waals surface area contributed by atoms with Gasteiger partial charge in [-0.25, -0.2) is 0 Å². The van der Waals surface area contributed by atoms with Gasteiger partial charge in [-0.15, -0.1) is 0 Å². The van der Waals surface area contributed by atoms with Gasteiger partial charge in [-0.3, -0.25) is 9.59 Å². The van der Waals surface area contributed by atoms with Crippen LogP contribution in [0.25, 0.3) is 0 Å². The van der Waals surface area contributed by atoms with E-state index >= 15 is 0 Å². The van der Waals surface area contributed by atoms with Crippen molar-refractivity contribution in [1.82, 2.24) is 0 Å². The lowest BCUT2D eigenvalue weighted by atomic mass is 10.0. The molecule has 0 saturated heterocycles. The highest BCUT2D eigenvalue weighted by molar-refractivity contribution is 6.25. The number of hydrogen-bond donors (Lipinski definition) is 0. The smallest absolute Gasteiger partial charge is 0.589 e. The number of carbonyl (C=O) groups excluding carboxylic acids is 2. The van der Waals surface area contributed by atoms with Crippen molar-refractivity contribution >= 4 is 27.8 Å². The largest absolute Gasteiger partial charge is 0.885 e. The molecule has 6 heteroatoms. The van der Waals surface area contributed by atoms with Gasteiger partial charge in [0.2, 0.25) is 0 Å². The van der Waals surface area contributed by atoms with Crippen molar-refractivity contribution < 1.29 is 22.6 Å². The maximum Gasteiger partial charge on any atom is 0.885 e. The van der Waals surface area contributed by atoms with Crippen LogP contribution in [0, 0.1) is 0 Å². The minimum atomic E-state index is -0.996. The second-order valence-corrected chi connectivity index (χ2v) is 11.7. The molecule has 0 aromatic rings. The van der Waals surface area contributed by atoms with E-state index in [1.165, 1.54) is 141 Å². The molecule has 0 atom stereocenters. The van der Waals surface area contributed by atoms with Crippen molar-refractivity contribution in [1.29, 1.82) is 0 Å². The molecule has 5 nitrogen and oxygen atoms in total. The Morgan fingerprint density at radius 2 is 0.605 bits per heavy atom. The van der Waals surface area contributed by atoms with E-state index in [1.807, 2.05) is 0 Å². The van der Waals surface area contributed by atoms with Gasteiger partial charge in [-0.2, -0.15) is 0 Å². The third kappa shape index (κ3) is 33.5. The van der Waals surface area contributed by atoms with Crippen LogP contribution in [0.1, 0.15) is 194 Å². The molecule has 0 fully saturated rings. The fourth-order valence-corrected chi connectivity index (χ4v) is 5.32. The van der Waals surface area contributed by atoms with Crippen molar-refractivity contribution in [3.05, 3.63) is 0 Å². The fraction of sp³-hybridized carbons (Fsp3) is 0.938. The SMILES string of the molecule is CCCCCCCCCCCCCCCCCC(=O)[O][Al][O]C(=O)CCCCCCCCCCCCC.O. The van der Waals surface area contributed by atoms with Gasteiger partial charge in [0.1, 0.15) is 0 Å². The Hall–Kier alpha value is -0.568. The van der Waals surface area contributed by atoms with Crippen LogP contribution < -0.4 is 0 Å². The summed E-state index contributed by atoms with van der Waals surface area (Å²) in [7, 11) is 0. The molecule has 0 saturated carbocycles. The molecule has 0 amide bonds. The summed E-state index contributed by atoms with van der Waals surface area (Å²) < 4.78 is 10.3. The number of carbonyl (C=O) groups is 2. The molecule has 0 spiro atoms. The molecule has 0 aromatic carbocycles. The molecule has 225 valence electrons. The van der Waals surface area contributed by atoms with E-state index in [9.17, 15) is 9.59 Å². The Labute approximate surface area is 243 Å². The predicted octanol–water partition coefficient (Wildman–Crippen LogP) is 9.74. The van der Waals surface area contributed by atoms with Crippen molar-refractivity contribution in [2.24, 2.45) is 0 Å². The molecule has 0 aliphatic heterocycles. The molecule has 0 aromatic heterocycles. The van der Waals surface area contributed by atoms with Crippen LogP contribution in [0.5, 0.6) is 0 Å². The molecule has 0 rings (SSSR count). The molecule has 0 aliphatic rings. The Kier molecular flexibility index (Phi) is 35.9. The molecule has 1 radical (unpaired) electrons. The first-order valence-corrected chi connectivity index (χ1v) is 17.4. The minimum Gasteiger partial charge on any atom is -0.589 e. The van der Waals surface area contributed by atoms with Crippen molar-refractivity contribution in [3.8, 4) is 0 Å². The van der Waals surface area contributed by atoms with Crippen LogP contribution in [-0.2, 0) is 17.2 Å². The van der Waals surface area contributed by atoms with Crippen LogP contribution in [0.3, 0.4) is 0 Å². The monoisotopic (exact) mass is 555 g/mol. The predicted molar refractivity (Wildman–Crippen MR) is 162 cm³/mol. The van der Waals surface area contributed by atoms with Crippen LogP contribution >= 0.6 is 0 Å². The third-order valence-electron chi connectivity index (χ3n) is 7.33. The van der Waals surface area contributed by atoms with Crippen LogP contribution in [0.15, 0.2) is 0 Å². The molecule has 2 N–H and O–H groups in total. The highest BCUT2D eigenvalue weighted by Crippen LogP contribution is 2.14. The lowest BCUT2D eigenvalue weighted by Crippen LogP contribution is -2.15. The normalized spacial score (nSPS) is 10.7. The van der Waals surface area contributed by atoms with Gasteiger partial charge >= 0.3 is 15.9 Å². The van der Waals surface area contributed by atoms with Crippen molar-refractivity contribution in [3.63, 3.8) is 0 Å². The average Bonchev–Trinajstić information content (AvgIpc) is 2.89. The molecule has 0 aliphatic carbocycles. The van der Waals surface area contributed by atoms with Gasteiger partial charge < -0.3 is 13.1 Å². The standard InChI is InChI=1S/C18H36O2.C14H28O2.Al.H2O/c1-2-3-4-5-6-7-8-9-10-11-12-13-14-15-16-17-18(19)20;1-2-3-4-5-6-7-8-9-10-11-12-13-14(15)16;;/h2-17H2,1H3,(H,19,20);2-13H2,1H3,(H,15,16);;1H2/q;;+2;/p-2. The van der Waals surface area contributed by atoms with E-state index < -0.39 is 15.9 Å². The zero-order chi connectivity index (χ0) is 27.1. The highest BCUT2D eigenvalue weighted by atomic mass is 27.2. The van der Waals surface area contributed by atoms with E-state index in [1.54, 1.807) is 0 Å².